The predicted molar refractivity (Wildman–Crippen MR) is 69.0 cm³/mol. The molecule has 4 nitrogen and oxygen atoms in total. The topological polar surface area (TPSA) is 67.8 Å². The Bertz CT molecular complexity index is 431. The van der Waals surface area contributed by atoms with E-state index in [0.29, 0.717) is 23.8 Å². The molecule has 1 fully saturated rings. The van der Waals surface area contributed by atoms with E-state index in [-0.39, 0.29) is 5.84 Å². The number of hydrogen-bond acceptors (Lipinski definition) is 4. The van der Waals surface area contributed by atoms with Crippen molar-refractivity contribution < 1.29 is 9.94 Å². The summed E-state index contributed by atoms with van der Waals surface area (Å²) in [6.45, 7) is 0.712. The average Bonchev–Trinajstić information content (AvgIpc) is 3.18. The maximum atomic E-state index is 8.82. The van der Waals surface area contributed by atoms with Crippen LogP contribution in [0, 0.1) is 5.92 Å². The minimum absolute atomic E-state index is 0.0979. The van der Waals surface area contributed by atoms with Gasteiger partial charge in [-0.05, 0) is 37.1 Å². The first-order valence-electron chi connectivity index (χ1n) is 5.54. The van der Waals surface area contributed by atoms with Crippen LogP contribution in [0.1, 0.15) is 18.4 Å². The molecule has 1 aromatic rings. The molecule has 1 aromatic carbocycles. The molecular formula is C12H16N2O2S. The number of oxime groups is 1. The van der Waals surface area contributed by atoms with Crippen molar-refractivity contribution in [1.82, 2.24) is 0 Å². The molecule has 0 bridgehead atoms. The summed E-state index contributed by atoms with van der Waals surface area (Å²) >= 11 is 1.55. The fourth-order valence-electron chi connectivity index (χ4n) is 1.60. The van der Waals surface area contributed by atoms with E-state index in [1.807, 2.05) is 24.5 Å². The van der Waals surface area contributed by atoms with Crippen LogP contribution < -0.4 is 10.5 Å². The van der Waals surface area contributed by atoms with Crippen molar-refractivity contribution in [2.75, 3.05) is 12.9 Å². The van der Waals surface area contributed by atoms with Crippen LogP contribution in [0.4, 0.5) is 0 Å². The molecule has 0 atom stereocenters. The fraction of sp³-hybridized carbons (Fsp3) is 0.417. The van der Waals surface area contributed by atoms with E-state index in [2.05, 4.69) is 5.16 Å². The second-order valence-corrected chi connectivity index (χ2v) is 4.92. The van der Waals surface area contributed by atoms with Gasteiger partial charge >= 0.3 is 0 Å². The minimum Gasteiger partial charge on any atom is -0.492 e. The molecule has 0 amide bonds. The van der Waals surface area contributed by atoms with Crippen LogP contribution >= 0.6 is 11.8 Å². The third-order valence-electron chi connectivity index (χ3n) is 2.74. The molecule has 0 heterocycles. The number of amidine groups is 1. The summed E-state index contributed by atoms with van der Waals surface area (Å²) in [4.78, 5) is 0.952. The molecule has 0 aliphatic heterocycles. The third kappa shape index (κ3) is 2.85. The molecule has 1 aliphatic carbocycles. The highest BCUT2D eigenvalue weighted by Crippen LogP contribution is 2.32. The van der Waals surface area contributed by atoms with Gasteiger partial charge in [0.1, 0.15) is 5.75 Å². The first-order chi connectivity index (χ1) is 8.26. The minimum atomic E-state index is 0.0979. The maximum Gasteiger partial charge on any atom is 0.174 e. The number of benzene rings is 1. The molecule has 2 rings (SSSR count). The molecule has 0 radical (unpaired) electrons. The van der Waals surface area contributed by atoms with Crippen LogP contribution in [0.25, 0.3) is 0 Å². The van der Waals surface area contributed by atoms with Gasteiger partial charge in [0.15, 0.2) is 5.84 Å². The Morgan fingerprint density at radius 2 is 2.35 bits per heavy atom. The van der Waals surface area contributed by atoms with E-state index in [9.17, 15) is 0 Å². The Morgan fingerprint density at radius 3 is 2.94 bits per heavy atom. The highest BCUT2D eigenvalue weighted by Gasteiger charge is 2.23. The molecule has 0 spiro atoms. The summed E-state index contributed by atoms with van der Waals surface area (Å²) in [6.07, 6.45) is 4.43. The van der Waals surface area contributed by atoms with Gasteiger partial charge in [0, 0.05) is 4.90 Å². The predicted octanol–water partition coefficient (Wildman–Crippen LogP) is 2.29. The van der Waals surface area contributed by atoms with Crippen molar-refractivity contribution in [2.45, 2.75) is 17.7 Å². The van der Waals surface area contributed by atoms with Gasteiger partial charge in [0.25, 0.3) is 0 Å². The van der Waals surface area contributed by atoms with E-state index in [1.165, 1.54) is 12.8 Å². The van der Waals surface area contributed by atoms with Gasteiger partial charge < -0.3 is 15.7 Å². The number of ether oxygens (including phenoxy) is 1. The molecule has 1 saturated carbocycles. The van der Waals surface area contributed by atoms with E-state index in [1.54, 1.807) is 11.8 Å². The monoisotopic (exact) mass is 252 g/mol. The highest BCUT2D eigenvalue weighted by atomic mass is 32.2. The fourth-order valence-corrected chi connectivity index (χ4v) is 2.22. The Hall–Kier alpha value is -1.36. The molecule has 0 unspecified atom stereocenters. The molecule has 0 saturated heterocycles. The number of hydrogen-bond donors (Lipinski definition) is 2. The van der Waals surface area contributed by atoms with Gasteiger partial charge in [-0.3, -0.25) is 0 Å². The van der Waals surface area contributed by atoms with Crippen molar-refractivity contribution in [2.24, 2.45) is 16.8 Å². The summed E-state index contributed by atoms with van der Waals surface area (Å²) in [7, 11) is 0. The molecule has 17 heavy (non-hydrogen) atoms. The van der Waals surface area contributed by atoms with E-state index in [4.69, 9.17) is 15.7 Å². The zero-order valence-electron chi connectivity index (χ0n) is 9.72. The van der Waals surface area contributed by atoms with Crippen molar-refractivity contribution in [3.8, 4) is 5.75 Å². The summed E-state index contributed by atoms with van der Waals surface area (Å²) in [5.41, 5.74) is 6.38. The van der Waals surface area contributed by atoms with Crippen LogP contribution in [0.15, 0.2) is 28.3 Å². The first-order valence-corrected chi connectivity index (χ1v) is 6.76. The quantitative estimate of drug-likeness (QED) is 0.277. The Balaban J connectivity index is 2.27. The second-order valence-electron chi connectivity index (χ2n) is 4.07. The Morgan fingerprint density at radius 1 is 1.59 bits per heavy atom. The number of thioether (sulfide) groups is 1. The van der Waals surface area contributed by atoms with Crippen LogP contribution in [0.5, 0.6) is 5.75 Å². The van der Waals surface area contributed by atoms with E-state index in [0.717, 1.165) is 4.90 Å². The highest BCUT2D eigenvalue weighted by molar-refractivity contribution is 7.98. The lowest BCUT2D eigenvalue weighted by Crippen LogP contribution is -2.16. The van der Waals surface area contributed by atoms with Gasteiger partial charge in [-0.1, -0.05) is 11.2 Å². The summed E-state index contributed by atoms with van der Waals surface area (Å²) in [6, 6.07) is 5.71. The van der Waals surface area contributed by atoms with Crippen molar-refractivity contribution >= 4 is 17.6 Å². The maximum absolute atomic E-state index is 8.82. The number of nitrogens with zero attached hydrogens (tertiary/aromatic N) is 1. The zero-order chi connectivity index (χ0) is 12.3. The lowest BCUT2D eigenvalue weighted by molar-refractivity contribution is 0.297. The van der Waals surface area contributed by atoms with Gasteiger partial charge in [-0.25, -0.2) is 0 Å². The summed E-state index contributed by atoms with van der Waals surface area (Å²) < 4.78 is 5.74. The molecule has 3 N–H and O–H groups in total. The van der Waals surface area contributed by atoms with E-state index < -0.39 is 0 Å². The molecule has 1 aliphatic rings. The normalized spacial score (nSPS) is 15.9. The third-order valence-corrected chi connectivity index (χ3v) is 3.52. The van der Waals surface area contributed by atoms with Gasteiger partial charge in [0.2, 0.25) is 0 Å². The second kappa shape index (κ2) is 5.31. The smallest absolute Gasteiger partial charge is 0.174 e. The summed E-state index contributed by atoms with van der Waals surface area (Å²) in [5.74, 6) is 1.47. The standard InChI is InChI=1S/C12H16N2O2S/c1-17-10-4-2-3-9(11(10)12(13)14-15)16-7-8-5-6-8/h2-4,8,15H,5-7H2,1H3,(H2,13,14). The number of rotatable bonds is 5. The molecule has 5 heteroatoms. The zero-order valence-corrected chi connectivity index (χ0v) is 10.5. The molecule has 92 valence electrons. The van der Waals surface area contributed by atoms with Crippen molar-refractivity contribution in [3.05, 3.63) is 23.8 Å². The largest absolute Gasteiger partial charge is 0.492 e. The number of nitrogens with two attached hydrogens (primary N) is 1. The molecule has 0 aromatic heterocycles. The first kappa shape index (κ1) is 12.1. The lowest BCUT2D eigenvalue weighted by atomic mass is 10.2. The Kier molecular flexibility index (Phi) is 3.78. The van der Waals surface area contributed by atoms with Gasteiger partial charge in [-0.2, -0.15) is 0 Å². The molecular weight excluding hydrogens is 236 g/mol. The average molecular weight is 252 g/mol. The van der Waals surface area contributed by atoms with Crippen LogP contribution in [-0.2, 0) is 0 Å². The van der Waals surface area contributed by atoms with Crippen molar-refractivity contribution in [1.29, 1.82) is 0 Å². The van der Waals surface area contributed by atoms with Crippen LogP contribution in [-0.4, -0.2) is 23.9 Å². The Labute approximate surface area is 105 Å². The van der Waals surface area contributed by atoms with Crippen molar-refractivity contribution in [3.63, 3.8) is 0 Å². The SMILES string of the molecule is CSc1cccc(OCC2CC2)c1/C(N)=N/O. The van der Waals surface area contributed by atoms with Gasteiger partial charge in [0.05, 0.1) is 12.2 Å². The van der Waals surface area contributed by atoms with Gasteiger partial charge in [-0.15, -0.1) is 11.8 Å². The lowest BCUT2D eigenvalue weighted by Gasteiger charge is -2.13. The van der Waals surface area contributed by atoms with Crippen LogP contribution in [0.2, 0.25) is 0 Å². The summed E-state index contributed by atoms with van der Waals surface area (Å²) in [5, 5.41) is 11.9. The van der Waals surface area contributed by atoms with Crippen LogP contribution in [0.3, 0.4) is 0 Å². The van der Waals surface area contributed by atoms with E-state index >= 15 is 0 Å².